The fourth-order valence-corrected chi connectivity index (χ4v) is 3.23. The molecule has 0 spiro atoms. The molecular formula is C22H17BrFN3O4. The third kappa shape index (κ3) is 6.19. The highest BCUT2D eigenvalue weighted by Gasteiger charge is 2.15. The van der Waals surface area contributed by atoms with Crippen LogP contribution in [0.5, 0.6) is 5.75 Å². The molecule has 0 fully saturated rings. The summed E-state index contributed by atoms with van der Waals surface area (Å²) in [4.78, 5) is 22.5. The smallest absolute Gasteiger partial charge is 0.273 e. The molecule has 0 bridgehead atoms. The Hall–Kier alpha value is -3.59. The van der Waals surface area contributed by atoms with Crippen LogP contribution >= 0.6 is 15.9 Å². The summed E-state index contributed by atoms with van der Waals surface area (Å²) in [6.07, 6.45) is 1.27. The lowest BCUT2D eigenvalue weighted by Crippen LogP contribution is -2.20. The normalized spacial score (nSPS) is 10.8. The highest BCUT2D eigenvalue weighted by molar-refractivity contribution is 9.10. The van der Waals surface area contributed by atoms with E-state index in [0.717, 1.165) is 0 Å². The number of carbonyl (C=O) groups is 1. The van der Waals surface area contributed by atoms with Gasteiger partial charge in [-0.1, -0.05) is 36.4 Å². The van der Waals surface area contributed by atoms with Crippen LogP contribution in [0.1, 0.15) is 16.7 Å². The van der Waals surface area contributed by atoms with Gasteiger partial charge in [0.25, 0.3) is 5.69 Å². The van der Waals surface area contributed by atoms with Crippen molar-refractivity contribution < 1.29 is 18.8 Å². The van der Waals surface area contributed by atoms with Crippen molar-refractivity contribution in [2.75, 3.05) is 0 Å². The Morgan fingerprint density at radius 2 is 1.84 bits per heavy atom. The van der Waals surface area contributed by atoms with Gasteiger partial charge >= 0.3 is 0 Å². The quantitative estimate of drug-likeness (QED) is 0.282. The van der Waals surface area contributed by atoms with Gasteiger partial charge in [-0.3, -0.25) is 14.9 Å². The predicted molar refractivity (Wildman–Crippen MR) is 117 cm³/mol. The first-order chi connectivity index (χ1) is 14.9. The number of hydrazone groups is 1. The number of hydrogen-bond acceptors (Lipinski definition) is 5. The monoisotopic (exact) mass is 485 g/mol. The van der Waals surface area contributed by atoms with E-state index in [2.05, 4.69) is 26.5 Å². The van der Waals surface area contributed by atoms with Crippen LogP contribution in [-0.2, 0) is 17.8 Å². The molecular weight excluding hydrogens is 469 g/mol. The van der Waals surface area contributed by atoms with E-state index in [1.165, 1.54) is 24.4 Å². The predicted octanol–water partition coefficient (Wildman–Crippen LogP) is 4.77. The molecule has 0 aromatic heterocycles. The molecule has 0 atom stereocenters. The van der Waals surface area contributed by atoms with Crippen molar-refractivity contribution in [3.8, 4) is 5.75 Å². The molecule has 7 nitrogen and oxygen atoms in total. The third-order valence-corrected chi connectivity index (χ3v) is 4.86. The zero-order chi connectivity index (χ0) is 22.2. The first kappa shape index (κ1) is 22.1. The maximum atomic E-state index is 13.7. The molecule has 3 rings (SSSR count). The van der Waals surface area contributed by atoms with Crippen molar-refractivity contribution in [2.45, 2.75) is 13.0 Å². The molecule has 3 aromatic carbocycles. The number of rotatable bonds is 8. The average Bonchev–Trinajstić information content (AvgIpc) is 2.74. The van der Waals surface area contributed by atoms with Crippen molar-refractivity contribution in [3.63, 3.8) is 0 Å². The number of nitro groups is 1. The summed E-state index contributed by atoms with van der Waals surface area (Å²) in [5, 5.41) is 14.9. The Morgan fingerprint density at radius 3 is 2.55 bits per heavy atom. The van der Waals surface area contributed by atoms with Crippen molar-refractivity contribution in [2.24, 2.45) is 5.10 Å². The van der Waals surface area contributed by atoms with Gasteiger partial charge in [-0.2, -0.15) is 5.10 Å². The van der Waals surface area contributed by atoms with E-state index in [0.29, 0.717) is 26.9 Å². The molecule has 0 unspecified atom stereocenters. The molecule has 0 radical (unpaired) electrons. The van der Waals surface area contributed by atoms with Gasteiger partial charge in [0.1, 0.15) is 18.2 Å². The SMILES string of the molecule is O=C(Cc1ccccc1[N+](=O)[O-])NN=Cc1ccc(OCc2ccccc2F)c(Br)c1. The third-order valence-electron chi connectivity index (χ3n) is 4.24. The van der Waals surface area contributed by atoms with E-state index >= 15 is 0 Å². The van der Waals surface area contributed by atoms with Gasteiger partial charge in [-0.25, -0.2) is 9.82 Å². The molecule has 0 aliphatic heterocycles. The lowest BCUT2D eigenvalue weighted by molar-refractivity contribution is -0.385. The molecule has 158 valence electrons. The van der Waals surface area contributed by atoms with E-state index in [1.54, 1.807) is 48.5 Å². The van der Waals surface area contributed by atoms with E-state index in [1.807, 2.05) is 0 Å². The fraction of sp³-hybridized carbons (Fsp3) is 0.0909. The zero-order valence-corrected chi connectivity index (χ0v) is 17.7. The zero-order valence-electron chi connectivity index (χ0n) is 16.1. The van der Waals surface area contributed by atoms with Crippen molar-refractivity contribution in [1.82, 2.24) is 5.43 Å². The highest BCUT2D eigenvalue weighted by Crippen LogP contribution is 2.26. The Kier molecular flexibility index (Phi) is 7.45. The number of carbonyl (C=O) groups excluding carboxylic acids is 1. The molecule has 3 aromatic rings. The summed E-state index contributed by atoms with van der Waals surface area (Å²) >= 11 is 3.39. The summed E-state index contributed by atoms with van der Waals surface area (Å²) in [6, 6.07) is 17.6. The van der Waals surface area contributed by atoms with Crippen LogP contribution in [0.4, 0.5) is 10.1 Å². The minimum atomic E-state index is -0.529. The van der Waals surface area contributed by atoms with Crippen LogP contribution in [0.15, 0.2) is 76.3 Å². The number of nitrogens with one attached hydrogen (secondary N) is 1. The molecule has 0 saturated heterocycles. The largest absolute Gasteiger partial charge is 0.488 e. The molecule has 0 aliphatic carbocycles. The number of hydrogen-bond donors (Lipinski definition) is 1. The molecule has 0 aliphatic rings. The van der Waals surface area contributed by atoms with E-state index < -0.39 is 10.8 Å². The number of amides is 1. The van der Waals surface area contributed by atoms with Crippen LogP contribution in [0.3, 0.4) is 0 Å². The first-order valence-corrected chi connectivity index (χ1v) is 9.93. The number of halogens is 2. The van der Waals surface area contributed by atoms with Crippen LogP contribution in [0.25, 0.3) is 0 Å². The average molecular weight is 486 g/mol. The lowest BCUT2D eigenvalue weighted by atomic mass is 10.1. The van der Waals surface area contributed by atoms with E-state index in [4.69, 9.17) is 4.74 Å². The minimum absolute atomic E-state index is 0.0837. The van der Waals surface area contributed by atoms with Crippen molar-refractivity contribution in [3.05, 3.63) is 104 Å². The van der Waals surface area contributed by atoms with Crippen LogP contribution in [0, 0.1) is 15.9 Å². The Balaban J connectivity index is 1.56. The highest BCUT2D eigenvalue weighted by atomic mass is 79.9. The minimum Gasteiger partial charge on any atom is -0.488 e. The Morgan fingerprint density at radius 1 is 1.13 bits per heavy atom. The molecule has 0 heterocycles. The second-order valence-corrected chi connectivity index (χ2v) is 7.28. The first-order valence-electron chi connectivity index (χ1n) is 9.14. The number of benzene rings is 3. The maximum Gasteiger partial charge on any atom is 0.273 e. The number of nitro benzene ring substituents is 1. The van der Waals surface area contributed by atoms with Gasteiger partial charge < -0.3 is 4.74 Å². The Bertz CT molecular complexity index is 1140. The van der Waals surface area contributed by atoms with Crippen LogP contribution in [0.2, 0.25) is 0 Å². The maximum absolute atomic E-state index is 13.7. The summed E-state index contributed by atoms with van der Waals surface area (Å²) in [7, 11) is 0. The number of para-hydroxylation sites is 1. The van der Waals surface area contributed by atoms with Gasteiger partial charge in [0.15, 0.2) is 0 Å². The fourth-order valence-electron chi connectivity index (χ4n) is 2.72. The summed E-state index contributed by atoms with van der Waals surface area (Å²) in [6.45, 7) is 0.0837. The Labute approximate surface area is 185 Å². The van der Waals surface area contributed by atoms with Gasteiger partial charge in [0.2, 0.25) is 5.91 Å². The molecule has 1 amide bonds. The molecule has 1 N–H and O–H groups in total. The molecule has 0 saturated carbocycles. The number of nitrogens with zero attached hydrogens (tertiary/aromatic N) is 2. The van der Waals surface area contributed by atoms with Crippen LogP contribution < -0.4 is 10.2 Å². The van der Waals surface area contributed by atoms with Crippen molar-refractivity contribution in [1.29, 1.82) is 0 Å². The second-order valence-electron chi connectivity index (χ2n) is 6.43. The van der Waals surface area contributed by atoms with E-state index in [-0.39, 0.29) is 24.5 Å². The van der Waals surface area contributed by atoms with E-state index in [9.17, 15) is 19.3 Å². The van der Waals surface area contributed by atoms with Gasteiger partial charge in [0, 0.05) is 17.2 Å². The summed E-state index contributed by atoms with van der Waals surface area (Å²) in [5.74, 6) is -0.283. The summed E-state index contributed by atoms with van der Waals surface area (Å²) in [5.41, 5.74) is 3.67. The summed E-state index contributed by atoms with van der Waals surface area (Å²) < 4.78 is 20.0. The second kappa shape index (κ2) is 10.4. The van der Waals surface area contributed by atoms with Crippen molar-refractivity contribution >= 4 is 33.7 Å². The lowest BCUT2D eigenvalue weighted by Gasteiger charge is -2.09. The van der Waals surface area contributed by atoms with Gasteiger partial charge in [0.05, 0.1) is 22.0 Å². The van der Waals surface area contributed by atoms with Crippen LogP contribution in [-0.4, -0.2) is 17.0 Å². The molecule has 9 heteroatoms. The number of ether oxygens (including phenoxy) is 1. The van der Waals surface area contributed by atoms with Gasteiger partial charge in [-0.05, 0) is 45.8 Å². The molecule has 31 heavy (non-hydrogen) atoms. The topological polar surface area (TPSA) is 93.8 Å². The van der Waals surface area contributed by atoms with Gasteiger partial charge in [-0.15, -0.1) is 0 Å². The standard InChI is InChI=1S/C22H17BrFN3O4/c23-18-11-15(9-10-21(18)31-14-17-6-1-3-7-19(17)24)13-25-26-22(28)12-16-5-2-4-8-20(16)27(29)30/h1-11,13H,12,14H2,(H,26,28).